The maximum atomic E-state index is 12.6. The predicted molar refractivity (Wildman–Crippen MR) is 92.2 cm³/mol. The van der Waals surface area contributed by atoms with Crippen LogP contribution >= 0.6 is 0 Å². The van der Waals surface area contributed by atoms with E-state index in [1.807, 2.05) is 23.1 Å². The first kappa shape index (κ1) is 16.0. The lowest BCUT2D eigenvalue weighted by molar-refractivity contribution is -0.0170. The number of hydrogen-bond donors (Lipinski definition) is 0. The number of carbonyl (C=O) groups is 1. The Balaban J connectivity index is 1.44. The first-order valence-electron chi connectivity index (χ1n) is 8.65. The average molecular weight is 339 g/mol. The van der Waals surface area contributed by atoms with Gasteiger partial charge in [-0.2, -0.15) is 0 Å². The molecule has 4 rings (SSSR count). The fourth-order valence-corrected chi connectivity index (χ4v) is 3.52. The first-order chi connectivity index (χ1) is 12.3. The number of carbonyl (C=O) groups excluding carboxylic acids is 1. The van der Waals surface area contributed by atoms with Crippen molar-refractivity contribution in [2.75, 3.05) is 37.7 Å². The van der Waals surface area contributed by atoms with E-state index in [1.165, 1.54) is 0 Å². The number of fused-ring (bicyclic) bond motifs is 1. The summed E-state index contributed by atoms with van der Waals surface area (Å²) in [6.07, 6.45) is 6.14. The van der Waals surface area contributed by atoms with Gasteiger partial charge >= 0.3 is 0 Å². The van der Waals surface area contributed by atoms with Crippen molar-refractivity contribution in [2.45, 2.75) is 12.5 Å². The summed E-state index contributed by atoms with van der Waals surface area (Å²) in [5.41, 5.74) is 0.494. The lowest BCUT2D eigenvalue weighted by Crippen LogP contribution is -2.49. The number of aromatic nitrogens is 3. The van der Waals surface area contributed by atoms with Gasteiger partial charge in [-0.1, -0.05) is 6.07 Å². The molecule has 0 spiro atoms. The first-order valence-corrected chi connectivity index (χ1v) is 8.65. The van der Waals surface area contributed by atoms with E-state index >= 15 is 0 Å². The molecule has 2 atom stereocenters. The second-order valence-corrected chi connectivity index (χ2v) is 6.42. The minimum atomic E-state index is -0.0184. The van der Waals surface area contributed by atoms with Crippen LogP contribution in [0.15, 0.2) is 42.9 Å². The van der Waals surface area contributed by atoms with Crippen molar-refractivity contribution in [2.24, 2.45) is 5.92 Å². The zero-order chi connectivity index (χ0) is 17.1. The van der Waals surface area contributed by atoms with E-state index in [1.54, 1.807) is 24.7 Å². The summed E-state index contributed by atoms with van der Waals surface area (Å²) in [6, 6.07) is 7.24. The zero-order valence-electron chi connectivity index (χ0n) is 14.0. The molecule has 2 fully saturated rings. The minimum Gasteiger partial charge on any atom is -0.374 e. The molecular weight excluding hydrogens is 318 g/mol. The van der Waals surface area contributed by atoms with Crippen molar-refractivity contribution >= 4 is 11.9 Å². The molecule has 2 saturated heterocycles. The molecule has 2 aromatic heterocycles. The highest BCUT2D eigenvalue weighted by Crippen LogP contribution is 2.26. The third-order valence-electron chi connectivity index (χ3n) is 4.85. The summed E-state index contributed by atoms with van der Waals surface area (Å²) < 4.78 is 6.06. The molecule has 2 aliphatic heterocycles. The van der Waals surface area contributed by atoms with Crippen LogP contribution in [-0.2, 0) is 4.74 Å². The van der Waals surface area contributed by atoms with E-state index in [2.05, 4.69) is 19.9 Å². The summed E-state index contributed by atoms with van der Waals surface area (Å²) >= 11 is 0. The number of likely N-dealkylation sites (tertiary alicyclic amines) is 1. The molecule has 0 aliphatic carbocycles. The van der Waals surface area contributed by atoms with E-state index in [0.29, 0.717) is 24.8 Å². The Morgan fingerprint density at radius 1 is 1.04 bits per heavy atom. The van der Waals surface area contributed by atoms with Gasteiger partial charge < -0.3 is 14.5 Å². The maximum Gasteiger partial charge on any atom is 0.272 e. The molecule has 7 nitrogen and oxygen atoms in total. The van der Waals surface area contributed by atoms with E-state index in [4.69, 9.17) is 4.74 Å². The number of pyridine rings is 1. The van der Waals surface area contributed by atoms with Crippen molar-refractivity contribution in [3.8, 4) is 0 Å². The molecule has 0 N–H and O–H groups in total. The Hall–Kier alpha value is -2.54. The molecule has 0 aromatic carbocycles. The number of rotatable bonds is 2. The van der Waals surface area contributed by atoms with Gasteiger partial charge in [-0.05, 0) is 24.6 Å². The summed E-state index contributed by atoms with van der Waals surface area (Å²) in [5, 5.41) is 0. The second kappa shape index (κ2) is 7.14. The van der Waals surface area contributed by atoms with E-state index in [9.17, 15) is 4.79 Å². The molecule has 2 aromatic rings. The van der Waals surface area contributed by atoms with Crippen molar-refractivity contribution < 1.29 is 9.53 Å². The Bertz CT molecular complexity index is 712. The number of ether oxygens (including phenoxy) is 1. The monoisotopic (exact) mass is 339 g/mol. The largest absolute Gasteiger partial charge is 0.374 e. The van der Waals surface area contributed by atoms with E-state index in [0.717, 1.165) is 32.0 Å². The average Bonchev–Trinajstić information content (AvgIpc) is 2.90. The predicted octanol–water partition coefficient (Wildman–Crippen LogP) is 1.24. The number of hydrogen-bond acceptors (Lipinski definition) is 6. The molecule has 130 valence electrons. The molecule has 2 aliphatic rings. The van der Waals surface area contributed by atoms with Crippen LogP contribution in [0.5, 0.6) is 0 Å². The number of nitrogens with zero attached hydrogens (tertiary/aromatic N) is 5. The molecule has 0 unspecified atom stereocenters. The Morgan fingerprint density at radius 2 is 1.88 bits per heavy atom. The van der Waals surface area contributed by atoms with Gasteiger partial charge in [0.15, 0.2) is 0 Å². The van der Waals surface area contributed by atoms with Gasteiger partial charge in [0.1, 0.15) is 5.69 Å². The van der Waals surface area contributed by atoms with Crippen LogP contribution in [-0.4, -0.2) is 64.6 Å². The summed E-state index contributed by atoms with van der Waals surface area (Å²) in [5.74, 6) is 1.10. The van der Waals surface area contributed by atoms with Crippen molar-refractivity contribution in [1.82, 2.24) is 19.9 Å². The van der Waals surface area contributed by atoms with Crippen LogP contribution in [0.1, 0.15) is 16.9 Å². The third kappa shape index (κ3) is 3.46. The normalized spacial score (nSPS) is 23.7. The zero-order valence-corrected chi connectivity index (χ0v) is 14.0. The Morgan fingerprint density at radius 3 is 2.68 bits per heavy atom. The van der Waals surface area contributed by atoms with Gasteiger partial charge in [0.05, 0.1) is 12.7 Å². The fraction of sp³-hybridized carbons (Fsp3) is 0.444. The smallest absolute Gasteiger partial charge is 0.272 e. The lowest BCUT2D eigenvalue weighted by atomic mass is 9.93. The standard InChI is InChI=1S/C18H21N5O2/c24-17(15-4-1-2-6-19-15)22-9-5-14-12-23(10-11-25-16(14)13-22)18-20-7-3-8-21-18/h1-4,6-8,14,16H,5,9-13H2/t14-,16-/m0/s1. The van der Waals surface area contributed by atoms with Crippen LogP contribution in [0.3, 0.4) is 0 Å². The van der Waals surface area contributed by atoms with E-state index < -0.39 is 0 Å². The summed E-state index contributed by atoms with van der Waals surface area (Å²) in [4.78, 5) is 29.5. The highest BCUT2D eigenvalue weighted by Gasteiger charge is 2.36. The molecule has 0 saturated carbocycles. The fourth-order valence-electron chi connectivity index (χ4n) is 3.52. The van der Waals surface area contributed by atoms with Crippen LogP contribution in [0.4, 0.5) is 5.95 Å². The van der Waals surface area contributed by atoms with Crippen LogP contribution in [0.2, 0.25) is 0 Å². The lowest BCUT2D eigenvalue weighted by Gasteiger charge is -2.37. The molecule has 25 heavy (non-hydrogen) atoms. The van der Waals surface area contributed by atoms with Gasteiger partial charge in [0.25, 0.3) is 5.91 Å². The van der Waals surface area contributed by atoms with Gasteiger partial charge in [-0.25, -0.2) is 9.97 Å². The van der Waals surface area contributed by atoms with Crippen LogP contribution in [0.25, 0.3) is 0 Å². The molecule has 4 heterocycles. The topological polar surface area (TPSA) is 71.5 Å². The maximum absolute atomic E-state index is 12.6. The van der Waals surface area contributed by atoms with Gasteiger partial charge in [0, 0.05) is 50.7 Å². The summed E-state index contributed by atoms with van der Waals surface area (Å²) in [6.45, 7) is 3.59. The highest BCUT2D eigenvalue weighted by molar-refractivity contribution is 5.92. The molecule has 0 bridgehead atoms. The number of piperidine rings is 1. The number of anilines is 1. The van der Waals surface area contributed by atoms with Crippen molar-refractivity contribution in [3.05, 3.63) is 48.5 Å². The molecular formula is C18H21N5O2. The van der Waals surface area contributed by atoms with Gasteiger partial charge in [-0.15, -0.1) is 0 Å². The SMILES string of the molecule is O=C(c1ccccn1)N1CC[C@H]2CN(c3ncccn3)CCO[C@H]2C1. The third-order valence-corrected chi connectivity index (χ3v) is 4.85. The highest BCUT2D eigenvalue weighted by atomic mass is 16.5. The molecule has 1 amide bonds. The molecule has 0 radical (unpaired) electrons. The van der Waals surface area contributed by atoms with Crippen molar-refractivity contribution in [1.29, 1.82) is 0 Å². The van der Waals surface area contributed by atoms with E-state index in [-0.39, 0.29) is 12.0 Å². The van der Waals surface area contributed by atoms with Gasteiger partial charge in [0.2, 0.25) is 5.95 Å². The Labute approximate surface area is 146 Å². The Kier molecular flexibility index (Phi) is 4.56. The van der Waals surface area contributed by atoms with Crippen LogP contribution < -0.4 is 4.90 Å². The summed E-state index contributed by atoms with van der Waals surface area (Å²) in [7, 11) is 0. The van der Waals surface area contributed by atoms with Crippen molar-refractivity contribution in [3.63, 3.8) is 0 Å². The van der Waals surface area contributed by atoms with Crippen LogP contribution in [0, 0.1) is 5.92 Å². The van der Waals surface area contributed by atoms with Gasteiger partial charge in [-0.3, -0.25) is 9.78 Å². The minimum absolute atomic E-state index is 0.0184. The number of amides is 1. The second-order valence-electron chi connectivity index (χ2n) is 6.42. The molecule has 7 heteroatoms. The quantitative estimate of drug-likeness (QED) is 0.820.